The van der Waals surface area contributed by atoms with E-state index in [0.717, 1.165) is 4.88 Å². The molecular weight excluding hydrogens is 317 g/mol. The Morgan fingerprint density at radius 2 is 2.22 bits per heavy atom. The van der Waals surface area contributed by atoms with Crippen LogP contribution in [0.4, 0.5) is 15.0 Å². The molecule has 1 atom stereocenters. The first-order chi connectivity index (χ1) is 10.8. The lowest BCUT2D eigenvalue weighted by Crippen LogP contribution is -2.40. The topological polar surface area (TPSA) is 74.2 Å². The Morgan fingerprint density at radius 1 is 1.48 bits per heavy atom. The van der Waals surface area contributed by atoms with Crippen molar-refractivity contribution < 1.29 is 14.3 Å². The maximum atomic E-state index is 13.3. The minimum atomic E-state index is -1.37. The van der Waals surface area contributed by atoms with Crippen molar-refractivity contribution in [3.63, 3.8) is 0 Å². The number of aliphatic hydroxyl groups is 1. The molecule has 2 amide bonds. The summed E-state index contributed by atoms with van der Waals surface area (Å²) in [6, 6.07) is 5.21. The molecule has 0 saturated carbocycles. The van der Waals surface area contributed by atoms with E-state index in [-0.39, 0.29) is 12.5 Å². The predicted molar refractivity (Wildman–Crippen MR) is 89.2 cm³/mol. The predicted octanol–water partition coefficient (Wildman–Crippen LogP) is 3.43. The van der Waals surface area contributed by atoms with Gasteiger partial charge in [-0.15, -0.1) is 11.3 Å². The molecule has 0 unspecified atom stereocenters. The Hall–Kier alpha value is -1.99. The zero-order chi connectivity index (χ0) is 17.0. The van der Waals surface area contributed by atoms with Crippen LogP contribution >= 0.6 is 11.3 Å². The van der Waals surface area contributed by atoms with Crippen LogP contribution in [0.2, 0.25) is 0 Å². The number of carbonyl (C=O) groups is 1. The first-order valence-electron chi connectivity index (χ1n) is 7.26. The third kappa shape index (κ3) is 4.49. The van der Waals surface area contributed by atoms with Crippen molar-refractivity contribution in [3.05, 3.63) is 46.0 Å². The number of hydrogen-bond acceptors (Lipinski definition) is 4. The van der Waals surface area contributed by atoms with Crippen molar-refractivity contribution in [2.24, 2.45) is 0 Å². The van der Waals surface area contributed by atoms with Gasteiger partial charge in [-0.25, -0.2) is 14.2 Å². The highest BCUT2D eigenvalue weighted by Crippen LogP contribution is 2.27. The number of thiazole rings is 1. The van der Waals surface area contributed by atoms with Crippen LogP contribution in [-0.2, 0) is 5.60 Å². The molecule has 0 radical (unpaired) electrons. The summed E-state index contributed by atoms with van der Waals surface area (Å²) in [5.41, 5.74) is 0.699. The van der Waals surface area contributed by atoms with Gasteiger partial charge in [-0.3, -0.25) is 5.32 Å². The number of benzene rings is 1. The maximum Gasteiger partial charge on any atom is 0.320 e. The molecule has 0 fully saturated rings. The van der Waals surface area contributed by atoms with Crippen molar-refractivity contribution in [3.8, 4) is 0 Å². The maximum absolute atomic E-state index is 13.3. The molecule has 1 aromatic carbocycles. The minimum Gasteiger partial charge on any atom is -0.384 e. The molecule has 7 heteroatoms. The average Bonchev–Trinajstić information content (AvgIpc) is 2.93. The molecule has 0 aliphatic carbocycles. The number of rotatable bonds is 5. The van der Waals surface area contributed by atoms with E-state index in [1.54, 1.807) is 11.6 Å². The molecule has 2 aromatic rings. The van der Waals surface area contributed by atoms with Crippen LogP contribution in [0.3, 0.4) is 0 Å². The SMILES string of the molecule is CC(C)c1scnc1NC(=O)NC[C@](C)(O)c1cccc(F)c1. The number of halogens is 1. The van der Waals surface area contributed by atoms with E-state index in [2.05, 4.69) is 15.6 Å². The fourth-order valence-electron chi connectivity index (χ4n) is 2.09. The molecule has 3 N–H and O–H groups in total. The van der Waals surface area contributed by atoms with Gasteiger partial charge < -0.3 is 10.4 Å². The van der Waals surface area contributed by atoms with Crippen LogP contribution in [0, 0.1) is 5.82 Å². The number of nitrogens with one attached hydrogen (secondary N) is 2. The van der Waals surface area contributed by atoms with E-state index < -0.39 is 17.4 Å². The standard InChI is InChI=1S/C16H20FN3O2S/c1-10(2)13-14(19-9-23-13)20-15(21)18-8-16(3,22)11-5-4-6-12(17)7-11/h4-7,9-10,22H,8H2,1-3H3,(H2,18,20,21)/t16-/m0/s1. The summed E-state index contributed by atoms with van der Waals surface area (Å²) in [7, 11) is 0. The summed E-state index contributed by atoms with van der Waals surface area (Å²) < 4.78 is 13.3. The third-order valence-electron chi connectivity index (χ3n) is 3.39. The second-order valence-corrected chi connectivity index (χ2v) is 6.70. The molecule has 0 aliphatic rings. The van der Waals surface area contributed by atoms with Crippen LogP contribution in [-0.4, -0.2) is 22.7 Å². The van der Waals surface area contributed by atoms with Crippen molar-refractivity contribution >= 4 is 23.2 Å². The van der Waals surface area contributed by atoms with Gasteiger partial charge in [0.15, 0.2) is 0 Å². The lowest BCUT2D eigenvalue weighted by atomic mass is 9.96. The Kier molecular flexibility index (Phi) is 5.33. The summed E-state index contributed by atoms with van der Waals surface area (Å²) in [6.07, 6.45) is 0. The Balaban J connectivity index is 1.97. The van der Waals surface area contributed by atoms with E-state index in [9.17, 15) is 14.3 Å². The van der Waals surface area contributed by atoms with E-state index in [1.165, 1.54) is 36.5 Å². The number of hydrogen-bond donors (Lipinski definition) is 3. The fraction of sp³-hybridized carbons (Fsp3) is 0.375. The second kappa shape index (κ2) is 7.06. The van der Waals surface area contributed by atoms with Gasteiger partial charge in [-0.05, 0) is 30.5 Å². The highest BCUT2D eigenvalue weighted by atomic mass is 32.1. The van der Waals surface area contributed by atoms with Crippen molar-refractivity contribution in [2.45, 2.75) is 32.3 Å². The Labute approximate surface area is 138 Å². The number of carbonyl (C=O) groups excluding carboxylic acids is 1. The summed E-state index contributed by atoms with van der Waals surface area (Å²) in [5.74, 6) is 0.345. The first-order valence-corrected chi connectivity index (χ1v) is 8.14. The van der Waals surface area contributed by atoms with Crippen LogP contribution in [0.5, 0.6) is 0 Å². The van der Waals surface area contributed by atoms with Gasteiger partial charge in [0.25, 0.3) is 0 Å². The zero-order valence-electron chi connectivity index (χ0n) is 13.3. The van der Waals surface area contributed by atoms with Gasteiger partial charge in [0.1, 0.15) is 17.2 Å². The number of aromatic nitrogens is 1. The zero-order valence-corrected chi connectivity index (χ0v) is 14.1. The van der Waals surface area contributed by atoms with Crippen LogP contribution in [0.15, 0.2) is 29.8 Å². The van der Waals surface area contributed by atoms with Crippen LogP contribution < -0.4 is 10.6 Å². The van der Waals surface area contributed by atoms with Gasteiger partial charge >= 0.3 is 6.03 Å². The molecule has 0 spiro atoms. The van der Waals surface area contributed by atoms with Gasteiger partial charge in [-0.1, -0.05) is 26.0 Å². The van der Waals surface area contributed by atoms with Gasteiger partial charge in [-0.2, -0.15) is 0 Å². The molecule has 1 heterocycles. The quantitative estimate of drug-likeness (QED) is 0.782. The van der Waals surface area contributed by atoms with Gasteiger partial charge in [0.2, 0.25) is 0 Å². The molecule has 23 heavy (non-hydrogen) atoms. The molecule has 2 rings (SSSR count). The van der Waals surface area contributed by atoms with Gasteiger partial charge in [0, 0.05) is 0 Å². The summed E-state index contributed by atoms with van der Waals surface area (Å²) in [6.45, 7) is 5.50. The van der Waals surface area contributed by atoms with E-state index in [4.69, 9.17) is 0 Å². The normalized spacial score (nSPS) is 13.7. The lowest BCUT2D eigenvalue weighted by molar-refractivity contribution is 0.0596. The highest BCUT2D eigenvalue weighted by molar-refractivity contribution is 7.10. The van der Waals surface area contributed by atoms with Crippen molar-refractivity contribution in [1.82, 2.24) is 10.3 Å². The molecule has 0 bridgehead atoms. The number of urea groups is 1. The number of nitrogens with zero attached hydrogens (tertiary/aromatic N) is 1. The largest absolute Gasteiger partial charge is 0.384 e. The Morgan fingerprint density at radius 3 is 2.87 bits per heavy atom. The van der Waals surface area contributed by atoms with Crippen LogP contribution in [0.1, 0.15) is 37.1 Å². The first kappa shape index (κ1) is 17.4. The average molecular weight is 337 g/mol. The van der Waals surface area contributed by atoms with Crippen LogP contribution in [0.25, 0.3) is 0 Å². The monoisotopic (exact) mass is 337 g/mol. The highest BCUT2D eigenvalue weighted by Gasteiger charge is 2.24. The number of anilines is 1. The van der Waals surface area contributed by atoms with Crippen molar-refractivity contribution in [1.29, 1.82) is 0 Å². The second-order valence-electron chi connectivity index (χ2n) is 5.81. The van der Waals surface area contributed by atoms with E-state index >= 15 is 0 Å². The van der Waals surface area contributed by atoms with Gasteiger partial charge in [0.05, 0.1) is 16.9 Å². The summed E-state index contributed by atoms with van der Waals surface area (Å²) >= 11 is 1.48. The molecule has 0 aliphatic heterocycles. The van der Waals surface area contributed by atoms with E-state index in [0.29, 0.717) is 11.4 Å². The van der Waals surface area contributed by atoms with E-state index in [1.807, 2.05) is 13.8 Å². The summed E-state index contributed by atoms with van der Waals surface area (Å²) in [4.78, 5) is 17.1. The molecule has 0 saturated heterocycles. The lowest BCUT2D eigenvalue weighted by Gasteiger charge is -2.24. The van der Waals surface area contributed by atoms with Crippen molar-refractivity contribution in [2.75, 3.05) is 11.9 Å². The molecule has 5 nitrogen and oxygen atoms in total. The molecule has 124 valence electrons. The molecular formula is C16H20FN3O2S. The Bertz CT molecular complexity index is 685. The smallest absolute Gasteiger partial charge is 0.320 e. The fourth-order valence-corrected chi connectivity index (χ4v) is 2.85. The number of amides is 2. The molecule has 1 aromatic heterocycles. The third-order valence-corrected chi connectivity index (χ3v) is 4.52. The summed E-state index contributed by atoms with van der Waals surface area (Å²) in [5, 5.41) is 15.7. The minimum absolute atomic E-state index is 0.0521.